The molecule has 5 rings (SSSR count). The van der Waals surface area contributed by atoms with Crippen LogP contribution in [0.5, 0.6) is 0 Å². The van der Waals surface area contributed by atoms with Gasteiger partial charge in [-0.1, -0.05) is 36.0 Å². The lowest BCUT2D eigenvalue weighted by atomic mass is 10.2. The molecular formula is C24H18FN5O3S. The van der Waals surface area contributed by atoms with Crippen LogP contribution in [-0.2, 0) is 4.79 Å². The lowest BCUT2D eigenvalue weighted by Gasteiger charge is -2.17. The van der Waals surface area contributed by atoms with Crippen LogP contribution in [0.15, 0.2) is 81.5 Å². The van der Waals surface area contributed by atoms with Crippen LogP contribution in [0.3, 0.4) is 0 Å². The minimum Gasteiger partial charge on any atom is -0.325 e. The minimum absolute atomic E-state index is 0.0581. The number of rotatable bonds is 5. The number of nitrogens with one attached hydrogen (secondary N) is 3. The van der Waals surface area contributed by atoms with Gasteiger partial charge in [0.1, 0.15) is 5.82 Å². The Morgan fingerprint density at radius 2 is 1.76 bits per heavy atom. The number of carbonyl (C=O) groups is 1. The molecule has 0 radical (unpaired) electrons. The van der Waals surface area contributed by atoms with Gasteiger partial charge in [-0.2, -0.15) is 0 Å². The first-order valence-corrected chi connectivity index (χ1v) is 11.2. The number of para-hydroxylation sites is 2. The molecule has 0 spiro atoms. The summed E-state index contributed by atoms with van der Waals surface area (Å²) >= 11 is 1.05. The van der Waals surface area contributed by atoms with Crippen LogP contribution < -0.4 is 16.6 Å². The number of aromatic amines is 2. The topological polar surface area (TPSA) is 113 Å². The zero-order chi connectivity index (χ0) is 23.8. The van der Waals surface area contributed by atoms with E-state index in [9.17, 15) is 18.8 Å². The molecule has 8 nitrogen and oxygen atoms in total. The second-order valence-electron chi connectivity index (χ2n) is 7.59. The Kier molecular flexibility index (Phi) is 5.50. The lowest BCUT2D eigenvalue weighted by molar-refractivity contribution is -0.115. The van der Waals surface area contributed by atoms with Crippen molar-refractivity contribution in [2.75, 3.05) is 5.32 Å². The monoisotopic (exact) mass is 475 g/mol. The second kappa shape index (κ2) is 8.64. The Balaban J connectivity index is 1.50. The summed E-state index contributed by atoms with van der Waals surface area (Å²) in [4.78, 5) is 47.5. The van der Waals surface area contributed by atoms with Crippen LogP contribution in [-0.4, -0.2) is 30.7 Å². The van der Waals surface area contributed by atoms with Crippen molar-refractivity contribution in [3.63, 3.8) is 0 Å². The number of fused-ring (bicyclic) bond motifs is 2. The summed E-state index contributed by atoms with van der Waals surface area (Å²) in [5, 5.41) is 2.67. The molecule has 170 valence electrons. The smallest absolute Gasteiger partial charge is 0.323 e. The maximum absolute atomic E-state index is 14.6. The first kappa shape index (κ1) is 21.7. The van der Waals surface area contributed by atoms with Gasteiger partial charge in [-0.25, -0.2) is 14.2 Å². The normalized spacial score (nSPS) is 12.2. The number of amides is 1. The molecule has 2 heterocycles. The molecule has 5 aromatic rings. The molecule has 0 aliphatic rings. The molecule has 0 fully saturated rings. The number of aromatic nitrogens is 4. The zero-order valence-electron chi connectivity index (χ0n) is 17.8. The van der Waals surface area contributed by atoms with Gasteiger partial charge in [-0.05, 0) is 49.4 Å². The van der Waals surface area contributed by atoms with Crippen molar-refractivity contribution < 1.29 is 9.18 Å². The van der Waals surface area contributed by atoms with Gasteiger partial charge in [-0.3, -0.25) is 14.2 Å². The van der Waals surface area contributed by atoms with Crippen LogP contribution >= 0.6 is 11.8 Å². The Morgan fingerprint density at radius 3 is 2.59 bits per heavy atom. The number of nitrogens with zero attached hydrogens (tertiary/aromatic N) is 2. The van der Waals surface area contributed by atoms with Gasteiger partial charge in [0.05, 0.1) is 32.9 Å². The van der Waals surface area contributed by atoms with Crippen molar-refractivity contribution >= 4 is 45.3 Å². The van der Waals surface area contributed by atoms with E-state index >= 15 is 0 Å². The van der Waals surface area contributed by atoms with Crippen LogP contribution in [0.1, 0.15) is 6.92 Å². The Hall–Kier alpha value is -4.18. The lowest BCUT2D eigenvalue weighted by Crippen LogP contribution is -2.26. The summed E-state index contributed by atoms with van der Waals surface area (Å²) in [5.74, 6) is -0.917. The fourth-order valence-corrected chi connectivity index (χ4v) is 4.52. The van der Waals surface area contributed by atoms with Crippen molar-refractivity contribution in [2.24, 2.45) is 0 Å². The zero-order valence-corrected chi connectivity index (χ0v) is 18.7. The van der Waals surface area contributed by atoms with E-state index in [1.165, 1.54) is 22.8 Å². The minimum atomic E-state index is -0.674. The Morgan fingerprint density at radius 1 is 1.03 bits per heavy atom. The van der Waals surface area contributed by atoms with E-state index in [1.807, 2.05) is 0 Å². The highest BCUT2D eigenvalue weighted by atomic mass is 32.2. The molecule has 1 amide bonds. The predicted molar refractivity (Wildman–Crippen MR) is 130 cm³/mol. The molecular weight excluding hydrogens is 457 g/mol. The summed E-state index contributed by atoms with van der Waals surface area (Å²) in [6.07, 6.45) is 0. The maximum atomic E-state index is 14.6. The van der Waals surface area contributed by atoms with Gasteiger partial charge < -0.3 is 15.3 Å². The number of carbonyl (C=O) groups excluding carboxylic acids is 1. The Bertz CT molecular complexity index is 1670. The van der Waals surface area contributed by atoms with E-state index in [1.54, 1.807) is 55.5 Å². The van der Waals surface area contributed by atoms with E-state index in [2.05, 4.69) is 20.3 Å². The highest BCUT2D eigenvalue weighted by Crippen LogP contribution is 2.27. The average molecular weight is 476 g/mol. The van der Waals surface area contributed by atoms with E-state index in [0.717, 1.165) is 11.8 Å². The number of halogens is 1. The fraction of sp³-hybridized carbons (Fsp3) is 0.0833. The summed E-state index contributed by atoms with van der Waals surface area (Å²) in [7, 11) is 0. The number of imidazole rings is 1. The van der Waals surface area contributed by atoms with Crippen LogP contribution in [0, 0.1) is 5.82 Å². The summed E-state index contributed by atoms with van der Waals surface area (Å²) in [5.41, 5.74) is 1.44. The fourth-order valence-electron chi connectivity index (χ4n) is 3.60. The van der Waals surface area contributed by atoms with Crippen molar-refractivity contribution in [2.45, 2.75) is 17.3 Å². The molecule has 3 N–H and O–H groups in total. The van der Waals surface area contributed by atoms with E-state index in [4.69, 9.17) is 0 Å². The largest absolute Gasteiger partial charge is 0.325 e. The summed E-state index contributed by atoms with van der Waals surface area (Å²) in [6, 6.07) is 17.7. The molecule has 1 unspecified atom stereocenters. The van der Waals surface area contributed by atoms with Gasteiger partial charge in [0.25, 0.3) is 5.56 Å². The summed E-state index contributed by atoms with van der Waals surface area (Å²) < 4.78 is 15.8. The summed E-state index contributed by atoms with van der Waals surface area (Å²) in [6.45, 7) is 1.67. The molecule has 0 saturated heterocycles. The molecule has 1 atom stereocenters. The number of benzene rings is 3. The van der Waals surface area contributed by atoms with Gasteiger partial charge in [0, 0.05) is 5.69 Å². The number of hydrogen-bond acceptors (Lipinski definition) is 5. The molecule has 34 heavy (non-hydrogen) atoms. The molecule has 0 aliphatic heterocycles. The Labute approximate surface area is 195 Å². The molecule has 3 aromatic carbocycles. The molecule has 0 bridgehead atoms. The first-order valence-electron chi connectivity index (χ1n) is 10.4. The SMILES string of the molecule is CC(Sc1nc2ccccc2c(=O)n1-c1ccccc1F)C(=O)Nc1ccc2[nH]c(=O)[nH]c2c1. The van der Waals surface area contributed by atoms with Crippen molar-refractivity contribution in [3.8, 4) is 5.69 Å². The molecule has 0 saturated carbocycles. The van der Waals surface area contributed by atoms with Crippen LogP contribution in [0.4, 0.5) is 10.1 Å². The van der Waals surface area contributed by atoms with Crippen LogP contribution in [0.2, 0.25) is 0 Å². The van der Waals surface area contributed by atoms with Crippen molar-refractivity contribution in [1.29, 1.82) is 0 Å². The third kappa shape index (κ3) is 3.99. The molecule has 10 heteroatoms. The number of hydrogen-bond donors (Lipinski definition) is 3. The third-order valence-electron chi connectivity index (χ3n) is 5.27. The van der Waals surface area contributed by atoms with E-state index < -0.39 is 16.6 Å². The maximum Gasteiger partial charge on any atom is 0.323 e. The van der Waals surface area contributed by atoms with E-state index in [-0.39, 0.29) is 22.4 Å². The second-order valence-corrected chi connectivity index (χ2v) is 8.90. The number of H-pyrrole nitrogens is 2. The number of thioether (sulfide) groups is 1. The van der Waals surface area contributed by atoms with Gasteiger partial charge in [0.15, 0.2) is 5.16 Å². The van der Waals surface area contributed by atoms with Crippen molar-refractivity contribution in [1.82, 2.24) is 19.5 Å². The average Bonchev–Trinajstić information content (AvgIpc) is 3.19. The van der Waals surface area contributed by atoms with Gasteiger partial charge >= 0.3 is 5.69 Å². The third-order valence-corrected chi connectivity index (χ3v) is 6.33. The van der Waals surface area contributed by atoms with Gasteiger partial charge in [0.2, 0.25) is 5.91 Å². The van der Waals surface area contributed by atoms with Gasteiger partial charge in [-0.15, -0.1) is 0 Å². The first-order chi connectivity index (χ1) is 16.4. The van der Waals surface area contributed by atoms with Crippen molar-refractivity contribution in [3.05, 3.63) is 93.4 Å². The molecule has 0 aliphatic carbocycles. The standard InChI is InChI=1S/C24H18FN5O3S/c1-13(21(31)26-14-10-11-18-19(12-14)28-23(33)27-18)34-24-29-17-8-4-2-6-15(17)22(32)30(24)20-9-5-3-7-16(20)25/h2-13H,1H3,(H,26,31)(H2,27,28,33). The highest BCUT2D eigenvalue weighted by Gasteiger charge is 2.21. The quantitative estimate of drug-likeness (QED) is 0.264. The molecule has 2 aromatic heterocycles. The number of anilines is 1. The highest BCUT2D eigenvalue weighted by molar-refractivity contribution is 8.00. The van der Waals surface area contributed by atoms with Crippen LogP contribution in [0.25, 0.3) is 27.6 Å². The van der Waals surface area contributed by atoms with E-state index in [0.29, 0.717) is 27.6 Å². The predicted octanol–water partition coefficient (Wildman–Crippen LogP) is 3.81.